The van der Waals surface area contributed by atoms with Gasteiger partial charge >= 0.3 is 0 Å². The van der Waals surface area contributed by atoms with Crippen molar-refractivity contribution in [3.8, 4) is 5.75 Å². The minimum absolute atomic E-state index is 0.186. The van der Waals surface area contributed by atoms with Crippen molar-refractivity contribution in [1.29, 1.82) is 0 Å². The molecule has 5 N–H and O–H groups in total. The average molecular weight is 576 g/mol. The number of methoxy groups -OCH3 is 2. The van der Waals surface area contributed by atoms with Gasteiger partial charge in [0, 0.05) is 56.8 Å². The van der Waals surface area contributed by atoms with Gasteiger partial charge in [-0.05, 0) is 36.6 Å². The number of nitrogens with one attached hydrogen (secondary N) is 4. The van der Waals surface area contributed by atoms with Crippen LogP contribution in [0.3, 0.4) is 0 Å². The van der Waals surface area contributed by atoms with Crippen LogP contribution in [-0.4, -0.2) is 65.2 Å². The molecule has 210 valence electrons. The van der Waals surface area contributed by atoms with Crippen LogP contribution in [0.25, 0.3) is 0 Å². The maximum Gasteiger partial charge on any atom is 0.232 e. The summed E-state index contributed by atoms with van der Waals surface area (Å²) in [6.07, 6.45) is 3.64. The summed E-state index contributed by atoms with van der Waals surface area (Å²) >= 11 is 4.26. The Kier molecular flexibility index (Phi) is 10.7. The third-order valence-corrected chi connectivity index (χ3v) is 7.10. The van der Waals surface area contributed by atoms with E-state index in [1.165, 1.54) is 6.20 Å². The third-order valence-electron chi connectivity index (χ3n) is 6.43. The SMILES string of the molecule is COCCNC1CCN(c2ccc(Nc3ncc(Cl)c(Nc4ccccc4CNS(=O)O)n3)c(OC)c2)CC1. The van der Waals surface area contributed by atoms with Gasteiger partial charge in [-0.1, -0.05) is 29.8 Å². The summed E-state index contributed by atoms with van der Waals surface area (Å²) in [5.74, 6) is 1.40. The molecule has 1 aromatic heterocycles. The van der Waals surface area contributed by atoms with E-state index in [4.69, 9.17) is 25.6 Å². The number of ether oxygens (including phenoxy) is 2. The number of anilines is 5. The molecule has 0 radical (unpaired) electrons. The highest BCUT2D eigenvalue weighted by Gasteiger charge is 2.20. The van der Waals surface area contributed by atoms with Gasteiger partial charge in [-0.3, -0.25) is 4.55 Å². The van der Waals surface area contributed by atoms with Crippen LogP contribution in [0.15, 0.2) is 48.7 Å². The zero-order valence-corrected chi connectivity index (χ0v) is 23.5. The molecule has 3 aromatic rings. The number of aromatic nitrogens is 2. The van der Waals surface area contributed by atoms with Crippen LogP contribution in [0.4, 0.5) is 28.8 Å². The lowest BCUT2D eigenvalue weighted by Gasteiger charge is -2.34. The fourth-order valence-corrected chi connectivity index (χ4v) is 4.80. The van der Waals surface area contributed by atoms with Gasteiger partial charge in [0.05, 0.1) is 25.6 Å². The molecule has 4 rings (SSSR count). The highest BCUT2D eigenvalue weighted by Crippen LogP contribution is 2.33. The first-order valence-electron chi connectivity index (χ1n) is 12.6. The summed E-state index contributed by atoms with van der Waals surface area (Å²) in [4.78, 5) is 11.2. The van der Waals surface area contributed by atoms with Crippen molar-refractivity contribution in [1.82, 2.24) is 20.0 Å². The first-order chi connectivity index (χ1) is 19.0. The molecule has 1 aliphatic heterocycles. The maximum absolute atomic E-state index is 11.0. The third kappa shape index (κ3) is 8.24. The summed E-state index contributed by atoms with van der Waals surface area (Å²) in [7, 11) is 3.35. The summed E-state index contributed by atoms with van der Waals surface area (Å²) in [5, 5.41) is 10.3. The highest BCUT2D eigenvalue weighted by atomic mass is 35.5. The fraction of sp³-hybridized carbons (Fsp3) is 0.385. The number of rotatable bonds is 13. The Bertz CT molecular complexity index is 1260. The van der Waals surface area contributed by atoms with Crippen LogP contribution < -0.4 is 30.3 Å². The van der Waals surface area contributed by atoms with Crippen LogP contribution in [0, 0.1) is 0 Å². The number of para-hydroxylation sites is 1. The zero-order valence-electron chi connectivity index (χ0n) is 21.9. The van der Waals surface area contributed by atoms with Crippen molar-refractivity contribution in [2.75, 3.05) is 56.0 Å². The quantitative estimate of drug-likeness (QED) is 0.150. The molecule has 1 aliphatic rings. The molecule has 11 nitrogen and oxygen atoms in total. The first kappa shape index (κ1) is 29.0. The van der Waals surface area contributed by atoms with Crippen molar-refractivity contribution in [3.05, 3.63) is 59.2 Å². The molecule has 2 aromatic carbocycles. The molecule has 1 saturated heterocycles. The van der Waals surface area contributed by atoms with Crippen molar-refractivity contribution < 1.29 is 18.2 Å². The van der Waals surface area contributed by atoms with Crippen LogP contribution in [0.1, 0.15) is 18.4 Å². The Labute approximate surface area is 236 Å². The molecule has 1 unspecified atom stereocenters. The summed E-state index contributed by atoms with van der Waals surface area (Å²) < 4.78 is 33.4. The second kappa shape index (κ2) is 14.4. The Balaban J connectivity index is 1.44. The van der Waals surface area contributed by atoms with Gasteiger partial charge in [-0.15, -0.1) is 0 Å². The van der Waals surface area contributed by atoms with E-state index in [0.717, 1.165) is 56.0 Å². The van der Waals surface area contributed by atoms with Crippen molar-refractivity contribution in [3.63, 3.8) is 0 Å². The van der Waals surface area contributed by atoms with Gasteiger partial charge in [-0.25, -0.2) is 13.9 Å². The minimum atomic E-state index is -2.12. The molecule has 0 amide bonds. The number of benzene rings is 2. The van der Waals surface area contributed by atoms with Crippen LogP contribution >= 0.6 is 11.6 Å². The van der Waals surface area contributed by atoms with E-state index < -0.39 is 11.3 Å². The van der Waals surface area contributed by atoms with Crippen molar-refractivity contribution in [2.45, 2.75) is 25.4 Å². The second-order valence-electron chi connectivity index (χ2n) is 8.96. The van der Waals surface area contributed by atoms with Gasteiger partial charge in [0.2, 0.25) is 17.2 Å². The molecule has 0 bridgehead atoms. The normalized spacial score (nSPS) is 14.7. The molecule has 0 aliphatic carbocycles. The number of piperidine rings is 1. The van der Waals surface area contributed by atoms with Gasteiger partial charge in [-0.2, -0.15) is 4.98 Å². The Morgan fingerprint density at radius 2 is 1.92 bits per heavy atom. The number of nitrogens with zero attached hydrogens (tertiary/aromatic N) is 3. The van der Waals surface area contributed by atoms with E-state index in [1.54, 1.807) is 14.2 Å². The van der Waals surface area contributed by atoms with E-state index in [9.17, 15) is 4.21 Å². The molecule has 0 spiro atoms. The molecular formula is C26H34ClN7O4S. The van der Waals surface area contributed by atoms with Crippen LogP contribution in [-0.2, 0) is 22.5 Å². The van der Waals surface area contributed by atoms with E-state index in [1.807, 2.05) is 36.4 Å². The number of hydrogen-bond donors (Lipinski definition) is 5. The number of halogens is 1. The lowest BCUT2D eigenvalue weighted by atomic mass is 10.0. The highest BCUT2D eigenvalue weighted by molar-refractivity contribution is 7.77. The maximum atomic E-state index is 11.0. The summed E-state index contributed by atoms with van der Waals surface area (Å²) in [5.41, 5.74) is 3.29. The fourth-order valence-electron chi connectivity index (χ4n) is 4.39. The average Bonchev–Trinajstić information content (AvgIpc) is 2.95. The Morgan fingerprint density at radius 1 is 1.13 bits per heavy atom. The van der Waals surface area contributed by atoms with E-state index >= 15 is 0 Å². The Hall–Kier alpha value is -3.00. The summed E-state index contributed by atoms with van der Waals surface area (Å²) in [6.45, 7) is 3.70. The topological polar surface area (TPSA) is 133 Å². The van der Waals surface area contributed by atoms with Crippen LogP contribution in [0.5, 0.6) is 5.75 Å². The van der Waals surface area contributed by atoms with Crippen molar-refractivity contribution >= 4 is 51.7 Å². The van der Waals surface area contributed by atoms with Gasteiger partial charge in [0.15, 0.2) is 5.82 Å². The van der Waals surface area contributed by atoms with Crippen LogP contribution in [0.2, 0.25) is 5.02 Å². The van der Waals surface area contributed by atoms with Crippen molar-refractivity contribution in [2.24, 2.45) is 0 Å². The molecule has 1 atom stereocenters. The standard InChI is InChI=1S/C26H34ClN7O4S/c1-37-14-11-28-19-9-12-34(13-10-19)20-7-8-23(24(15-20)38-2)32-26-29-17-21(27)25(33-26)31-22-6-4-3-5-18(22)16-30-39(35)36/h3-8,15,17,19,28,30H,9-14,16H2,1-2H3,(H,35,36)(H2,29,31,32,33). The lowest BCUT2D eigenvalue weighted by molar-refractivity contribution is 0.193. The molecule has 0 saturated carbocycles. The molecule has 13 heteroatoms. The second-order valence-corrected chi connectivity index (χ2v) is 10.2. The zero-order chi connectivity index (χ0) is 27.6. The molecule has 39 heavy (non-hydrogen) atoms. The molecular weight excluding hydrogens is 542 g/mol. The lowest BCUT2D eigenvalue weighted by Crippen LogP contribution is -2.43. The monoisotopic (exact) mass is 575 g/mol. The van der Waals surface area contributed by atoms with E-state index in [2.05, 4.69) is 41.6 Å². The number of hydrogen-bond acceptors (Lipinski definition) is 9. The smallest absolute Gasteiger partial charge is 0.232 e. The Morgan fingerprint density at radius 3 is 2.67 bits per heavy atom. The van der Waals surface area contributed by atoms with E-state index in [-0.39, 0.29) is 6.54 Å². The first-order valence-corrected chi connectivity index (χ1v) is 14.1. The van der Waals surface area contributed by atoms with Gasteiger partial charge in [0.1, 0.15) is 10.8 Å². The predicted molar refractivity (Wildman–Crippen MR) is 156 cm³/mol. The molecule has 2 heterocycles. The van der Waals surface area contributed by atoms with Gasteiger partial charge in [0.25, 0.3) is 0 Å². The van der Waals surface area contributed by atoms with E-state index in [0.29, 0.717) is 34.3 Å². The largest absolute Gasteiger partial charge is 0.494 e. The molecule has 1 fully saturated rings. The minimum Gasteiger partial charge on any atom is -0.494 e. The van der Waals surface area contributed by atoms with Gasteiger partial charge < -0.3 is 30.3 Å². The predicted octanol–water partition coefficient (Wildman–Crippen LogP) is 4.06. The summed E-state index contributed by atoms with van der Waals surface area (Å²) in [6, 6.07) is 13.9.